The Kier molecular flexibility index (Phi) is 17.9. The summed E-state index contributed by atoms with van der Waals surface area (Å²) in [5.74, 6) is -2.55. The fourth-order valence-electron chi connectivity index (χ4n) is 5.89. The number of aromatic amines is 1. The third-order valence-corrected chi connectivity index (χ3v) is 9.46. The van der Waals surface area contributed by atoms with E-state index in [0.717, 1.165) is 53.8 Å². The second-order valence-corrected chi connectivity index (χ2v) is 13.7. The molecule has 14 nitrogen and oxygen atoms in total. The number of hydrogen-bond donors (Lipinski definition) is 8. The lowest BCUT2D eigenvalue weighted by atomic mass is 9.95. The van der Waals surface area contributed by atoms with E-state index >= 15 is 0 Å². The first-order chi connectivity index (χ1) is 25.4. The van der Waals surface area contributed by atoms with Crippen molar-refractivity contribution in [1.29, 1.82) is 0 Å². The van der Waals surface area contributed by atoms with E-state index in [1.54, 1.807) is 0 Å². The number of likely N-dealkylation sites (N-methyl/N-ethyl adjacent to an activating group) is 2. The van der Waals surface area contributed by atoms with E-state index in [4.69, 9.17) is 5.73 Å². The Balaban J connectivity index is 1.57. The van der Waals surface area contributed by atoms with Crippen molar-refractivity contribution in [1.82, 2.24) is 41.8 Å². The molecule has 0 radical (unpaired) electrons. The van der Waals surface area contributed by atoms with Gasteiger partial charge in [-0.05, 0) is 55.6 Å². The Bertz CT molecular complexity index is 1620. The summed E-state index contributed by atoms with van der Waals surface area (Å²) in [5, 5.41) is 18.8. The predicted octanol–water partition coefficient (Wildman–Crippen LogP) is 1.30. The molecule has 2 aromatic carbocycles. The average molecular weight is 734 g/mol. The zero-order valence-electron chi connectivity index (χ0n) is 31.8. The van der Waals surface area contributed by atoms with Crippen molar-refractivity contribution < 1.29 is 24.0 Å². The highest BCUT2D eigenvalue weighted by Crippen LogP contribution is 2.21. The molecule has 0 saturated carbocycles. The Morgan fingerprint density at radius 3 is 2.04 bits per heavy atom. The fourth-order valence-corrected chi connectivity index (χ4v) is 5.89. The Morgan fingerprint density at radius 2 is 1.43 bits per heavy atom. The van der Waals surface area contributed by atoms with Crippen LogP contribution in [0, 0.1) is 11.8 Å². The van der Waals surface area contributed by atoms with Gasteiger partial charge in [0.05, 0.1) is 6.54 Å². The molecule has 0 fully saturated rings. The van der Waals surface area contributed by atoms with Crippen LogP contribution in [0.1, 0.15) is 56.7 Å². The van der Waals surface area contributed by atoms with Gasteiger partial charge >= 0.3 is 0 Å². The van der Waals surface area contributed by atoms with Gasteiger partial charge in [-0.1, -0.05) is 69.7 Å². The minimum absolute atomic E-state index is 0.00498. The van der Waals surface area contributed by atoms with E-state index < -0.39 is 35.7 Å². The number of nitrogens with two attached hydrogens (primary N) is 1. The lowest BCUT2D eigenvalue weighted by Gasteiger charge is -2.27. The second-order valence-electron chi connectivity index (χ2n) is 13.7. The molecular formula is C39H59N9O5. The molecule has 4 atom stereocenters. The van der Waals surface area contributed by atoms with Crippen LogP contribution in [-0.4, -0.2) is 98.3 Å². The molecule has 53 heavy (non-hydrogen) atoms. The van der Waals surface area contributed by atoms with Gasteiger partial charge in [-0.15, -0.1) is 0 Å². The number of carbonyl (C=O) groups is 5. The highest BCUT2D eigenvalue weighted by Gasteiger charge is 2.31. The Hall–Kier alpha value is -4.79. The number of nitrogens with one attached hydrogen (secondary N) is 7. The number of hydrogen-bond acceptors (Lipinski definition) is 8. The fraction of sp³-hybridized carbons (Fsp3) is 0.513. The lowest BCUT2D eigenvalue weighted by molar-refractivity contribution is -0.134. The molecule has 5 amide bonds. The molecule has 0 spiro atoms. The minimum Gasteiger partial charge on any atom is -0.370 e. The van der Waals surface area contributed by atoms with E-state index in [1.165, 1.54) is 0 Å². The first-order valence-corrected chi connectivity index (χ1v) is 18.5. The first kappa shape index (κ1) is 42.6. The van der Waals surface area contributed by atoms with E-state index in [1.807, 2.05) is 89.6 Å². The zero-order valence-corrected chi connectivity index (χ0v) is 31.8. The van der Waals surface area contributed by atoms with Crippen LogP contribution < -0.4 is 37.6 Å². The molecule has 9 N–H and O–H groups in total. The molecule has 0 saturated heterocycles. The molecule has 0 aliphatic heterocycles. The molecule has 0 aliphatic rings. The van der Waals surface area contributed by atoms with Crippen LogP contribution in [0.25, 0.3) is 10.9 Å². The summed E-state index contributed by atoms with van der Waals surface area (Å²) >= 11 is 0. The number of primary amides is 1. The van der Waals surface area contributed by atoms with Gasteiger partial charge in [0.1, 0.15) is 12.1 Å². The molecule has 3 rings (SSSR count). The molecule has 0 aliphatic carbocycles. The van der Waals surface area contributed by atoms with Gasteiger partial charge in [0.15, 0.2) is 0 Å². The van der Waals surface area contributed by atoms with Crippen molar-refractivity contribution in [3.8, 4) is 0 Å². The normalized spacial score (nSPS) is 13.5. The van der Waals surface area contributed by atoms with Gasteiger partial charge in [0, 0.05) is 68.7 Å². The van der Waals surface area contributed by atoms with Crippen LogP contribution >= 0.6 is 0 Å². The number of nitrogens with zero attached hydrogens (tertiary/aromatic N) is 1. The number of carbonyl (C=O) groups excluding carboxylic acids is 5. The number of rotatable bonds is 24. The van der Waals surface area contributed by atoms with Gasteiger partial charge < -0.3 is 42.6 Å². The van der Waals surface area contributed by atoms with Crippen LogP contribution in [0.5, 0.6) is 0 Å². The third-order valence-electron chi connectivity index (χ3n) is 9.46. The van der Waals surface area contributed by atoms with Crippen LogP contribution in [0.15, 0.2) is 54.7 Å². The maximum atomic E-state index is 13.7. The van der Waals surface area contributed by atoms with E-state index in [-0.39, 0.29) is 37.1 Å². The van der Waals surface area contributed by atoms with Crippen molar-refractivity contribution >= 4 is 40.4 Å². The number of amides is 5. The quantitative estimate of drug-likeness (QED) is 0.0673. The van der Waals surface area contributed by atoms with Crippen LogP contribution in [0.4, 0.5) is 0 Å². The Morgan fingerprint density at radius 1 is 0.811 bits per heavy atom. The smallest absolute Gasteiger partial charge is 0.243 e. The summed E-state index contributed by atoms with van der Waals surface area (Å²) in [6.45, 7) is 9.57. The summed E-state index contributed by atoms with van der Waals surface area (Å²) in [4.78, 5) is 70.0. The van der Waals surface area contributed by atoms with Gasteiger partial charge in [-0.25, -0.2) is 0 Å². The van der Waals surface area contributed by atoms with Crippen molar-refractivity contribution in [2.45, 2.75) is 71.6 Å². The molecule has 1 aromatic heterocycles. The molecule has 1 heterocycles. The zero-order chi connectivity index (χ0) is 38.8. The molecular weight excluding hydrogens is 674 g/mol. The van der Waals surface area contributed by atoms with Crippen molar-refractivity contribution in [3.05, 3.63) is 71.4 Å². The van der Waals surface area contributed by atoms with Gasteiger partial charge in [-0.2, -0.15) is 0 Å². The van der Waals surface area contributed by atoms with Gasteiger partial charge in [-0.3, -0.25) is 28.9 Å². The number of H-pyrrole nitrogens is 1. The highest BCUT2D eigenvalue weighted by atomic mass is 16.2. The maximum absolute atomic E-state index is 13.7. The first-order valence-electron chi connectivity index (χ1n) is 18.5. The van der Waals surface area contributed by atoms with Crippen molar-refractivity contribution in [2.75, 3.05) is 46.8 Å². The summed E-state index contributed by atoms with van der Waals surface area (Å²) in [7, 11) is 3.77. The molecule has 3 aromatic rings. The number of fused-ring (bicyclic) bond motifs is 1. The second kappa shape index (κ2) is 22.3. The van der Waals surface area contributed by atoms with Crippen LogP contribution in [0.2, 0.25) is 0 Å². The predicted molar refractivity (Wildman–Crippen MR) is 207 cm³/mol. The topological polar surface area (TPSA) is 203 Å². The summed E-state index contributed by atoms with van der Waals surface area (Å²) < 4.78 is 0. The standard InChI is InChI=1S/C39H59N9O5/c1-6-26(2)36(47-37(51)27(3)21-30-24-43-32-10-8-7-9-31(30)32)39(53)46-33(15-16-34(40)49)38(52)45-23-29-13-11-28(12-14-29)22-44-35(50)25-48(19-17-41-4)20-18-42-5/h7-14,24,26-27,33,36,41-43H,6,15-23,25H2,1-5H3,(H2,40,49)(H,44,50)(H,45,52)(H,46,53)(H,47,51). The third kappa shape index (κ3) is 14.3. The Labute approximate surface area is 313 Å². The number of para-hydroxylation sites is 1. The van der Waals surface area contributed by atoms with Gasteiger partial charge in [0.25, 0.3) is 0 Å². The number of aromatic nitrogens is 1. The summed E-state index contributed by atoms with van der Waals surface area (Å²) in [6, 6.07) is 13.4. The summed E-state index contributed by atoms with van der Waals surface area (Å²) in [6.07, 6.45) is 2.89. The van der Waals surface area contributed by atoms with E-state index in [9.17, 15) is 24.0 Å². The molecule has 4 unspecified atom stereocenters. The van der Waals surface area contributed by atoms with Crippen molar-refractivity contribution in [3.63, 3.8) is 0 Å². The molecule has 290 valence electrons. The van der Waals surface area contributed by atoms with Crippen molar-refractivity contribution in [2.24, 2.45) is 17.6 Å². The van der Waals surface area contributed by atoms with Gasteiger partial charge in [0.2, 0.25) is 29.5 Å². The number of benzene rings is 2. The monoisotopic (exact) mass is 733 g/mol. The average Bonchev–Trinajstić information content (AvgIpc) is 3.56. The molecule has 14 heteroatoms. The van der Waals surface area contributed by atoms with E-state index in [0.29, 0.717) is 25.9 Å². The lowest BCUT2D eigenvalue weighted by Crippen LogP contribution is -2.56. The minimum atomic E-state index is -1.04. The highest BCUT2D eigenvalue weighted by molar-refractivity contribution is 5.93. The van der Waals surface area contributed by atoms with Crippen LogP contribution in [0.3, 0.4) is 0 Å². The SMILES string of the molecule is CCC(C)C(NC(=O)C(C)Cc1c[nH]c2ccccc12)C(=O)NC(CCC(N)=O)C(=O)NCc1ccc(CNC(=O)CN(CCNC)CCNC)cc1. The van der Waals surface area contributed by atoms with Crippen LogP contribution in [-0.2, 0) is 43.5 Å². The largest absolute Gasteiger partial charge is 0.370 e. The summed E-state index contributed by atoms with van der Waals surface area (Å²) in [5.41, 5.74) is 9.12. The molecule has 0 bridgehead atoms. The van der Waals surface area contributed by atoms with E-state index in [2.05, 4.69) is 41.8 Å². The maximum Gasteiger partial charge on any atom is 0.243 e.